The lowest BCUT2D eigenvalue weighted by Gasteiger charge is -2.48. The summed E-state index contributed by atoms with van der Waals surface area (Å²) in [7, 11) is 1.94. The van der Waals surface area contributed by atoms with E-state index in [9.17, 15) is 130 Å². The zero-order chi connectivity index (χ0) is 76.3. The van der Waals surface area contributed by atoms with Gasteiger partial charge in [0.2, 0.25) is 0 Å². The van der Waals surface area contributed by atoms with E-state index in [4.69, 9.17) is 113 Å². The predicted octanol–water partition coefficient (Wildman–Crippen LogP) is -18.5. The van der Waals surface area contributed by atoms with Crippen molar-refractivity contribution in [2.45, 2.75) is 246 Å². The SMILES string of the molecule is CO[C@@H]1O[C@@H](C(=O)O)[C@@H](OC2OC(C(=O)O)[C@@H](O[C@@H]3O[C@@H](C(=O)O)[C@@H](O[C@@H]4OC(C(=O)O)[C@@H](O[C@@H]5OC(C(=O)O)[C@@H](O[C@@H]6OC(C(=O)O)[C@@H](OC)[C@@H](O)C6O)C(O)C5O)[C@H](O)C4O)C(O)C3O)[C@@H](O)C2O)C(O)C1O.O=C(O)C1O[C@@H](O)C(O)[C@@H](O)[C@@H]1O.O=C(O)C1O[C@@H](O)C(O)[C@H](O)[C@@H]1O. The molecule has 580 valence electrons. The van der Waals surface area contributed by atoms with Crippen LogP contribution in [0.3, 0.4) is 0 Å². The summed E-state index contributed by atoms with van der Waals surface area (Å²) in [6, 6.07) is 0. The van der Waals surface area contributed by atoms with Crippen molar-refractivity contribution in [3.63, 3.8) is 0 Å². The van der Waals surface area contributed by atoms with Crippen LogP contribution in [0.15, 0.2) is 0 Å². The van der Waals surface area contributed by atoms with Crippen molar-refractivity contribution in [3.05, 3.63) is 0 Å². The topological polar surface area (TPSA) is 841 Å². The number of hydrogen-bond donors (Lipinski definition) is 28. The Kier molecular flexibility index (Phi) is 29.2. The lowest BCUT2D eigenvalue weighted by molar-refractivity contribution is -0.386. The first-order valence-corrected chi connectivity index (χ1v) is 29.0. The second-order valence-corrected chi connectivity index (χ2v) is 22.9. The molecule has 8 rings (SSSR count). The van der Waals surface area contributed by atoms with Crippen LogP contribution in [0, 0.1) is 0 Å². The molecule has 8 fully saturated rings. The fraction of sp³-hybridized carbons (Fsp3) is 0.840. The van der Waals surface area contributed by atoms with Crippen molar-refractivity contribution in [1.29, 1.82) is 0 Å². The minimum absolute atomic E-state index is 0.959. The first-order chi connectivity index (χ1) is 47.0. The molecule has 8 heterocycles. The lowest BCUT2D eigenvalue weighted by Crippen LogP contribution is -2.69. The third-order valence-corrected chi connectivity index (χ3v) is 16.4. The number of ether oxygens (including phenoxy) is 15. The molecule has 8 aliphatic heterocycles. The summed E-state index contributed by atoms with van der Waals surface area (Å²) in [4.78, 5) is 94.2. The van der Waals surface area contributed by atoms with Gasteiger partial charge in [-0.15, -0.1) is 0 Å². The van der Waals surface area contributed by atoms with Crippen LogP contribution in [0.25, 0.3) is 0 Å². The van der Waals surface area contributed by atoms with Crippen LogP contribution in [0.2, 0.25) is 0 Å². The first-order valence-electron chi connectivity index (χ1n) is 29.0. The van der Waals surface area contributed by atoms with E-state index in [0.717, 1.165) is 14.2 Å². The van der Waals surface area contributed by atoms with E-state index in [2.05, 4.69) is 9.47 Å². The van der Waals surface area contributed by atoms with Gasteiger partial charge in [0, 0.05) is 14.2 Å². The van der Waals surface area contributed by atoms with Crippen molar-refractivity contribution in [2.75, 3.05) is 14.2 Å². The van der Waals surface area contributed by atoms with Gasteiger partial charge in [0.05, 0.1) is 0 Å². The minimum atomic E-state index is -2.63. The molecule has 0 amide bonds. The molecule has 0 saturated carbocycles. The molecule has 8 saturated heterocycles. The van der Waals surface area contributed by atoms with Crippen LogP contribution in [-0.4, -0.2) is 451 Å². The van der Waals surface area contributed by atoms with E-state index >= 15 is 0 Å². The Morgan fingerprint density at radius 1 is 0.198 bits per heavy atom. The van der Waals surface area contributed by atoms with Gasteiger partial charge in [-0.2, -0.15) is 0 Å². The Balaban J connectivity index is 0.000000511. The zero-order valence-electron chi connectivity index (χ0n) is 51.0. The van der Waals surface area contributed by atoms with Gasteiger partial charge in [-0.05, 0) is 0 Å². The Morgan fingerprint density at radius 2 is 0.376 bits per heavy atom. The van der Waals surface area contributed by atoms with Gasteiger partial charge in [-0.1, -0.05) is 0 Å². The van der Waals surface area contributed by atoms with E-state index in [-0.39, 0.29) is 0 Å². The summed E-state index contributed by atoms with van der Waals surface area (Å²) in [6.45, 7) is 0. The molecule has 0 aliphatic carbocycles. The second kappa shape index (κ2) is 35.0. The Hall–Kier alpha value is -5.64. The fourth-order valence-corrected chi connectivity index (χ4v) is 10.9. The zero-order valence-corrected chi connectivity index (χ0v) is 51.0. The van der Waals surface area contributed by atoms with Crippen molar-refractivity contribution in [2.24, 2.45) is 0 Å². The highest BCUT2D eigenvalue weighted by atomic mass is 16.8. The molecular formula is C50H74O51. The average Bonchev–Trinajstić information content (AvgIpc) is 0.768. The molecule has 40 atom stereocenters. The van der Waals surface area contributed by atoms with Crippen LogP contribution >= 0.6 is 0 Å². The molecule has 0 bridgehead atoms. The standard InChI is InChI=1S/C38H54O37.2C6H10O7/c1-63-15-3(39)10(46)34(71-21(15)27(51)52)66-17-5(41)12(48)36(73-23(17)29(55)56)68-19-7(43)14(50)38(75-25(19)31(59)60)69-20-8(44)13(49)37(74-26(20)32(61)62)67-18-6(42)11(47)35(72-24(18)30(57)58)65-16-4(40)9(45)33(64-2)70-22(16)28(53)54;2*7-1-2(8)4(5(10)11)13-6(12)3(1)9/h3-26,33-50H,1-2H3,(H,51,52)(H,53,54)(H,55,56)(H,57,58)(H,59,60)(H,61,62);2*1-4,6-9,12H,(H,10,11)/t3-,4?,5?,6-,7+,8?,9?,10?,11?,12?,13?,14?,15-,16-,17-,18-,19-,20-,21?,22+,23?,24?,25?,26+,33+,34+,35?,36+,37+,38+;1-,2+,3?,4?,6-;1-,2-,3?,4?,6+/m010/s1. The molecule has 0 aromatic rings. The van der Waals surface area contributed by atoms with Crippen LogP contribution in [-0.2, 0) is 109 Å². The van der Waals surface area contributed by atoms with E-state index in [1.54, 1.807) is 0 Å². The van der Waals surface area contributed by atoms with Crippen molar-refractivity contribution < 1.29 is 252 Å². The van der Waals surface area contributed by atoms with Gasteiger partial charge < -0.3 is 214 Å². The number of aliphatic hydroxyl groups excluding tert-OH is 20. The molecule has 101 heavy (non-hydrogen) atoms. The van der Waals surface area contributed by atoms with Gasteiger partial charge in [0.25, 0.3) is 0 Å². The second-order valence-electron chi connectivity index (χ2n) is 22.9. The maximum Gasteiger partial charge on any atom is 0.335 e. The van der Waals surface area contributed by atoms with Crippen LogP contribution < -0.4 is 0 Å². The van der Waals surface area contributed by atoms with Gasteiger partial charge in [-0.25, -0.2) is 38.4 Å². The van der Waals surface area contributed by atoms with Crippen molar-refractivity contribution >= 4 is 47.8 Å². The highest BCUT2D eigenvalue weighted by molar-refractivity contribution is 5.76. The maximum atomic E-state index is 12.5. The summed E-state index contributed by atoms with van der Waals surface area (Å²) in [5.74, 6) is -14.9. The third-order valence-electron chi connectivity index (χ3n) is 16.4. The molecule has 28 N–H and O–H groups in total. The molecule has 0 spiro atoms. The van der Waals surface area contributed by atoms with Crippen LogP contribution in [0.1, 0.15) is 0 Å². The van der Waals surface area contributed by atoms with E-state index in [1.807, 2.05) is 0 Å². The van der Waals surface area contributed by atoms with Gasteiger partial charge in [0.15, 0.2) is 99.2 Å². The van der Waals surface area contributed by atoms with E-state index in [1.165, 1.54) is 0 Å². The molecule has 18 unspecified atom stereocenters. The number of carboxylic acids is 8. The number of carbonyl (C=O) groups is 8. The molecule has 8 aliphatic rings. The summed E-state index contributed by atoms with van der Waals surface area (Å²) < 4.78 is 75.9. The van der Waals surface area contributed by atoms with Crippen molar-refractivity contribution in [1.82, 2.24) is 0 Å². The van der Waals surface area contributed by atoms with Crippen LogP contribution in [0.4, 0.5) is 0 Å². The predicted molar refractivity (Wildman–Crippen MR) is 285 cm³/mol. The first kappa shape index (κ1) is 84.3. The average molecular weight is 1490 g/mol. The van der Waals surface area contributed by atoms with Crippen LogP contribution in [0.5, 0.6) is 0 Å². The van der Waals surface area contributed by atoms with Gasteiger partial charge in [0.1, 0.15) is 146 Å². The van der Waals surface area contributed by atoms with Crippen molar-refractivity contribution in [3.8, 4) is 0 Å². The fourth-order valence-electron chi connectivity index (χ4n) is 10.9. The summed E-state index contributed by atoms with van der Waals surface area (Å²) >= 11 is 0. The molecule has 0 radical (unpaired) electrons. The highest BCUT2D eigenvalue weighted by Crippen LogP contribution is 2.38. The monoisotopic (exact) mass is 1490 g/mol. The number of aliphatic hydroxyl groups is 20. The smallest absolute Gasteiger partial charge is 0.335 e. The lowest BCUT2D eigenvalue weighted by atomic mass is 9.95. The quantitative estimate of drug-likeness (QED) is 0.0538. The van der Waals surface area contributed by atoms with E-state index in [0.29, 0.717) is 0 Å². The molecule has 0 aromatic carbocycles. The van der Waals surface area contributed by atoms with Gasteiger partial charge in [-0.3, -0.25) is 0 Å². The molecule has 51 heteroatoms. The summed E-state index contributed by atoms with van der Waals surface area (Å²) in [6.07, 6.45) is -88.3. The molecule has 0 aromatic heterocycles. The number of hydrogen-bond acceptors (Lipinski definition) is 43. The normalized spacial score (nSPS) is 47.9. The maximum absolute atomic E-state index is 12.5. The number of aliphatic carboxylic acids is 8. The summed E-state index contributed by atoms with van der Waals surface area (Å²) in [5, 5.41) is 278. The number of carboxylic acid groups (broad SMARTS) is 8. The van der Waals surface area contributed by atoms with Gasteiger partial charge >= 0.3 is 47.8 Å². The minimum Gasteiger partial charge on any atom is -0.479 e. The third kappa shape index (κ3) is 18.2. The Labute approximate surface area is 559 Å². The largest absolute Gasteiger partial charge is 0.479 e. The molecule has 51 nitrogen and oxygen atoms in total. The Bertz CT molecular complexity index is 2780. The highest BCUT2D eigenvalue weighted by Gasteiger charge is 2.61. The summed E-state index contributed by atoms with van der Waals surface area (Å²) in [5.41, 5.74) is 0. The number of rotatable bonds is 20. The molecular weight excluding hydrogens is 1420 g/mol. The number of methoxy groups -OCH3 is 2. The van der Waals surface area contributed by atoms with E-state index < -0.39 is 293 Å². The Morgan fingerprint density at radius 3 is 0.564 bits per heavy atom.